The molecular weight excluding hydrogens is 238 g/mol. The molecule has 19 heavy (non-hydrogen) atoms. The minimum Gasteiger partial charge on any atom is -0.478 e. The minimum absolute atomic E-state index is 0.390. The summed E-state index contributed by atoms with van der Waals surface area (Å²) in [6, 6.07) is 6.07. The van der Waals surface area contributed by atoms with Gasteiger partial charge in [0.15, 0.2) is 0 Å². The molecule has 0 heterocycles. The van der Waals surface area contributed by atoms with Crippen LogP contribution in [0.3, 0.4) is 0 Å². The molecule has 2 rings (SSSR count). The topological polar surface area (TPSA) is 49.3 Å². The van der Waals surface area contributed by atoms with Crippen LogP contribution < -0.4 is 5.32 Å². The molecule has 2 atom stereocenters. The zero-order chi connectivity index (χ0) is 13.8. The van der Waals surface area contributed by atoms with Crippen LogP contribution in [0.25, 0.3) is 0 Å². The number of hydrogen-bond donors (Lipinski definition) is 2. The number of rotatable bonds is 4. The second kappa shape index (κ2) is 6.09. The standard InChI is InChI=1S/C16H23NO2/c1-3-12-6-4-5-7-15(12)17-13-8-9-14(16(18)19)11(2)10-13/h8-10,12,15,17H,3-7H2,1-2H3,(H,18,19). The summed E-state index contributed by atoms with van der Waals surface area (Å²) in [6.07, 6.45) is 6.37. The van der Waals surface area contributed by atoms with Gasteiger partial charge in [-0.05, 0) is 49.4 Å². The van der Waals surface area contributed by atoms with E-state index in [9.17, 15) is 4.79 Å². The second-order valence-electron chi connectivity index (χ2n) is 5.54. The molecule has 0 aromatic heterocycles. The monoisotopic (exact) mass is 261 g/mol. The largest absolute Gasteiger partial charge is 0.478 e. The second-order valence-corrected chi connectivity index (χ2v) is 5.54. The Kier molecular flexibility index (Phi) is 4.46. The summed E-state index contributed by atoms with van der Waals surface area (Å²) in [7, 11) is 0. The zero-order valence-electron chi connectivity index (χ0n) is 11.8. The number of aryl methyl sites for hydroxylation is 1. The third-order valence-corrected chi connectivity index (χ3v) is 4.24. The van der Waals surface area contributed by atoms with Crippen molar-refractivity contribution in [2.45, 2.75) is 52.0 Å². The molecule has 0 spiro atoms. The maximum Gasteiger partial charge on any atom is 0.335 e. The van der Waals surface area contributed by atoms with Crippen LogP contribution in [0.15, 0.2) is 18.2 Å². The van der Waals surface area contributed by atoms with E-state index in [-0.39, 0.29) is 0 Å². The van der Waals surface area contributed by atoms with Gasteiger partial charge in [0.25, 0.3) is 0 Å². The Labute approximate surface area is 115 Å². The molecule has 3 nitrogen and oxygen atoms in total. The molecule has 1 aliphatic rings. The van der Waals surface area contributed by atoms with Crippen molar-refractivity contribution >= 4 is 11.7 Å². The van der Waals surface area contributed by atoms with Crippen molar-refractivity contribution in [1.29, 1.82) is 0 Å². The van der Waals surface area contributed by atoms with E-state index in [1.165, 1.54) is 32.1 Å². The Hall–Kier alpha value is -1.51. The van der Waals surface area contributed by atoms with Gasteiger partial charge in [-0.15, -0.1) is 0 Å². The molecule has 0 aliphatic heterocycles. The van der Waals surface area contributed by atoms with Crippen molar-refractivity contribution in [3.8, 4) is 0 Å². The quantitative estimate of drug-likeness (QED) is 0.858. The van der Waals surface area contributed by atoms with Crippen LogP contribution in [-0.2, 0) is 0 Å². The Morgan fingerprint density at radius 3 is 2.74 bits per heavy atom. The first-order chi connectivity index (χ1) is 9.11. The highest BCUT2D eigenvalue weighted by molar-refractivity contribution is 5.89. The van der Waals surface area contributed by atoms with Gasteiger partial charge in [0.05, 0.1) is 5.56 Å². The summed E-state index contributed by atoms with van der Waals surface area (Å²) in [5.41, 5.74) is 2.26. The van der Waals surface area contributed by atoms with E-state index >= 15 is 0 Å². The molecule has 0 bridgehead atoms. The van der Waals surface area contributed by atoms with Crippen molar-refractivity contribution in [1.82, 2.24) is 0 Å². The summed E-state index contributed by atoms with van der Waals surface area (Å²) in [4.78, 5) is 11.0. The van der Waals surface area contributed by atoms with Gasteiger partial charge in [0.1, 0.15) is 0 Å². The first-order valence-electron chi connectivity index (χ1n) is 7.22. The lowest BCUT2D eigenvalue weighted by atomic mass is 9.83. The fraction of sp³-hybridized carbons (Fsp3) is 0.562. The molecule has 2 unspecified atom stereocenters. The number of carbonyl (C=O) groups is 1. The number of carboxylic acid groups (broad SMARTS) is 1. The van der Waals surface area contributed by atoms with E-state index in [0.29, 0.717) is 11.6 Å². The summed E-state index contributed by atoms with van der Waals surface area (Å²) >= 11 is 0. The molecule has 0 amide bonds. The SMILES string of the molecule is CCC1CCCCC1Nc1ccc(C(=O)O)c(C)c1. The van der Waals surface area contributed by atoms with Crippen LogP contribution >= 0.6 is 0 Å². The van der Waals surface area contributed by atoms with Crippen LogP contribution in [0, 0.1) is 12.8 Å². The normalized spacial score (nSPS) is 23.1. The van der Waals surface area contributed by atoms with E-state index in [1.807, 2.05) is 19.1 Å². The van der Waals surface area contributed by atoms with Crippen molar-refractivity contribution in [2.75, 3.05) is 5.32 Å². The van der Waals surface area contributed by atoms with Crippen LogP contribution in [0.1, 0.15) is 54.9 Å². The molecular formula is C16H23NO2. The summed E-state index contributed by atoms with van der Waals surface area (Å²) in [5, 5.41) is 12.6. The Morgan fingerprint density at radius 2 is 2.11 bits per heavy atom. The Bertz CT molecular complexity index is 456. The summed E-state index contributed by atoms with van der Waals surface area (Å²) in [5.74, 6) is -0.110. The van der Waals surface area contributed by atoms with Gasteiger partial charge in [0, 0.05) is 11.7 Å². The fourth-order valence-electron chi connectivity index (χ4n) is 3.09. The minimum atomic E-state index is -0.854. The van der Waals surface area contributed by atoms with Crippen LogP contribution in [0.4, 0.5) is 5.69 Å². The predicted molar refractivity (Wildman–Crippen MR) is 77.8 cm³/mol. The predicted octanol–water partition coefficient (Wildman–Crippen LogP) is 4.07. The lowest BCUT2D eigenvalue weighted by Crippen LogP contribution is -2.31. The van der Waals surface area contributed by atoms with Gasteiger partial charge < -0.3 is 10.4 Å². The number of aromatic carboxylic acids is 1. The molecule has 1 aromatic carbocycles. The third-order valence-electron chi connectivity index (χ3n) is 4.24. The Balaban J connectivity index is 2.10. The number of benzene rings is 1. The van der Waals surface area contributed by atoms with Gasteiger partial charge in [-0.1, -0.05) is 26.2 Å². The molecule has 1 fully saturated rings. The van der Waals surface area contributed by atoms with Crippen molar-refractivity contribution in [3.05, 3.63) is 29.3 Å². The smallest absolute Gasteiger partial charge is 0.335 e. The number of anilines is 1. The first kappa shape index (κ1) is 13.9. The molecule has 3 heteroatoms. The number of hydrogen-bond acceptors (Lipinski definition) is 2. The molecule has 1 aromatic rings. The zero-order valence-corrected chi connectivity index (χ0v) is 11.8. The van der Waals surface area contributed by atoms with Crippen LogP contribution in [0.5, 0.6) is 0 Å². The molecule has 104 valence electrons. The lowest BCUT2D eigenvalue weighted by molar-refractivity contribution is 0.0696. The van der Waals surface area contributed by atoms with E-state index < -0.39 is 5.97 Å². The fourth-order valence-corrected chi connectivity index (χ4v) is 3.09. The molecule has 1 aliphatic carbocycles. The van der Waals surface area contributed by atoms with Crippen LogP contribution in [0.2, 0.25) is 0 Å². The summed E-state index contributed by atoms with van der Waals surface area (Å²) in [6.45, 7) is 4.11. The average Bonchev–Trinajstić information content (AvgIpc) is 2.39. The van der Waals surface area contributed by atoms with Crippen molar-refractivity contribution in [2.24, 2.45) is 5.92 Å². The van der Waals surface area contributed by atoms with Crippen LogP contribution in [-0.4, -0.2) is 17.1 Å². The Morgan fingerprint density at radius 1 is 1.37 bits per heavy atom. The van der Waals surface area contributed by atoms with Gasteiger partial charge in [-0.3, -0.25) is 0 Å². The van der Waals surface area contributed by atoms with E-state index in [2.05, 4.69) is 12.2 Å². The van der Waals surface area contributed by atoms with Gasteiger partial charge in [0.2, 0.25) is 0 Å². The maximum atomic E-state index is 11.0. The molecule has 0 radical (unpaired) electrons. The van der Waals surface area contributed by atoms with E-state index in [4.69, 9.17) is 5.11 Å². The third kappa shape index (κ3) is 3.28. The highest BCUT2D eigenvalue weighted by atomic mass is 16.4. The van der Waals surface area contributed by atoms with E-state index in [0.717, 1.165) is 17.2 Å². The van der Waals surface area contributed by atoms with Gasteiger partial charge in [-0.25, -0.2) is 4.79 Å². The number of carboxylic acids is 1. The molecule has 1 saturated carbocycles. The van der Waals surface area contributed by atoms with E-state index in [1.54, 1.807) is 6.07 Å². The lowest BCUT2D eigenvalue weighted by Gasteiger charge is -2.32. The number of nitrogens with one attached hydrogen (secondary N) is 1. The molecule has 0 saturated heterocycles. The van der Waals surface area contributed by atoms with Gasteiger partial charge in [-0.2, -0.15) is 0 Å². The average molecular weight is 261 g/mol. The highest BCUT2D eigenvalue weighted by Crippen LogP contribution is 2.29. The van der Waals surface area contributed by atoms with Crippen molar-refractivity contribution < 1.29 is 9.90 Å². The molecule has 2 N–H and O–H groups in total. The maximum absolute atomic E-state index is 11.0. The first-order valence-corrected chi connectivity index (χ1v) is 7.22. The summed E-state index contributed by atoms with van der Waals surface area (Å²) < 4.78 is 0. The van der Waals surface area contributed by atoms with Gasteiger partial charge >= 0.3 is 5.97 Å². The highest BCUT2D eigenvalue weighted by Gasteiger charge is 2.23. The van der Waals surface area contributed by atoms with Crippen molar-refractivity contribution in [3.63, 3.8) is 0 Å².